The van der Waals surface area contributed by atoms with Crippen molar-refractivity contribution < 1.29 is 14.3 Å². The van der Waals surface area contributed by atoms with Gasteiger partial charge in [-0.15, -0.1) is 0 Å². The fraction of sp³-hybridized carbons (Fsp3) is 0.400. The maximum absolute atomic E-state index is 12.4. The lowest BCUT2D eigenvalue weighted by molar-refractivity contribution is 0.0880. The van der Waals surface area contributed by atoms with Crippen molar-refractivity contribution in [2.75, 3.05) is 18.5 Å². The molecule has 0 aliphatic carbocycles. The number of nitrogens with one attached hydrogen (secondary N) is 2. The first-order chi connectivity index (χ1) is 12.2. The van der Waals surface area contributed by atoms with E-state index >= 15 is 0 Å². The van der Waals surface area contributed by atoms with Crippen LogP contribution in [0.15, 0.2) is 24.3 Å². The molecular weight excluding hydrogens is 316 g/mol. The van der Waals surface area contributed by atoms with Crippen molar-refractivity contribution in [3.63, 3.8) is 0 Å². The van der Waals surface area contributed by atoms with E-state index in [9.17, 15) is 9.59 Å². The zero-order chi connectivity index (χ0) is 17.8. The monoisotopic (exact) mass is 340 g/mol. The van der Waals surface area contributed by atoms with Crippen molar-refractivity contribution in [1.29, 1.82) is 0 Å². The van der Waals surface area contributed by atoms with Crippen LogP contribution in [0.4, 0.5) is 5.69 Å². The summed E-state index contributed by atoms with van der Waals surface area (Å²) in [4.78, 5) is 24.8. The number of carbonyl (C=O) groups is 2. The van der Waals surface area contributed by atoms with Crippen molar-refractivity contribution in [1.82, 2.24) is 5.32 Å². The molecule has 0 fully saturated rings. The maximum atomic E-state index is 12.4. The number of anilines is 1. The summed E-state index contributed by atoms with van der Waals surface area (Å²) in [5.74, 6) is -0.0244. The quantitative estimate of drug-likeness (QED) is 0.560. The number of hydrogen-bond acceptors (Lipinski definition) is 4. The lowest BCUT2D eigenvalue weighted by atomic mass is 9.97. The van der Waals surface area contributed by atoms with E-state index in [2.05, 4.69) is 24.5 Å². The molecule has 5 heteroatoms. The van der Waals surface area contributed by atoms with E-state index in [1.807, 2.05) is 24.3 Å². The highest BCUT2D eigenvalue weighted by Gasteiger charge is 2.34. The molecular formula is C20H24N2O3. The molecule has 2 N–H and O–H groups in total. The predicted octanol–water partition coefficient (Wildman–Crippen LogP) is 4.11. The Bertz CT molecular complexity index is 814. The molecule has 0 unspecified atom stereocenters. The Kier molecular flexibility index (Phi) is 5.22. The summed E-state index contributed by atoms with van der Waals surface area (Å²) >= 11 is 0. The average Bonchev–Trinajstić information content (AvgIpc) is 2.91. The number of imide groups is 1. The molecule has 2 aromatic rings. The fourth-order valence-electron chi connectivity index (χ4n) is 3.13. The van der Waals surface area contributed by atoms with Gasteiger partial charge in [-0.05, 0) is 18.2 Å². The van der Waals surface area contributed by atoms with Gasteiger partial charge in [-0.3, -0.25) is 14.9 Å². The Labute approximate surface area is 147 Å². The van der Waals surface area contributed by atoms with Gasteiger partial charge in [0.2, 0.25) is 0 Å². The van der Waals surface area contributed by atoms with Crippen LogP contribution >= 0.6 is 0 Å². The van der Waals surface area contributed by atoms with Gasteiger partial charge < -0.3 is 10.1 Å². The normalized spacial score (nSPS) is 13.0. The number of rotatable bonds is 8. The standard InChI is InChI=1S/C20H24N2O3/c1-3-5-11-21-17-16-15(19(23)22-20(16)24)13-9-7-8-10-14(13)18(17)25-12-6-4-2/h7-10,21H,3-6,11-12H2,1-2H3,(H,22,23,24). The molecule has 3 rings (SSSR count). The van der Waals surface area contributed by atoms with Gasteiger partial charge in [-0.25, -0.2) is 0 Å². The molecule has 1 aliphatic rings. The molecule has 2 aromatic carbocycles. The second kappa shape index (κ2) is 7.55. The molecule has 2 amide bonds. The van der Waals surface area contributed by atoms with E-state index in [0.29, 0.717) is 29.2 Å². The van der Waals surface area contributed by atoms with Crippen molar-refractivity contribution >= 4 is 28.3 Å². The zero-order valence-corrected chi connectivity index (χ0v) is 14.8. The van der Waals surface area contributed by atoms with Gasteiger partial charge in [-0.1, -0.05) is 51.0 Å². The summed E-state index contributed by atoms with van der Waals surface area (Å²) in [7, 11) is 0. The van der Waals surface area contributed by atoms with Crippen molar-refractivity contribution in [3.8, 4) is 5.75 Å². The number of fused-ring (bicyclic) bond motifs is 3. The largest absolute Gasteiger partial charge is 0.491 e. The Balaban J connectivity index is 2.19. The van der Waals surface area contributed by atoms with E-state index in [0.717, 1.165) is 43.0 Å². The summed E-state index contributed by atoms with van der Waals surface area (Å²) in [5, 5.41) is 7.39. The van der Waals surface area contributed by atoms with Crippen LogP contribution in [0.25, 0.3) is 10.8 Å². The minimum Gasteiger partial charge on any atom is -0.491 e. The Morgan fingerprint density at radius 3 is 2.36 bits per heavy atom. The van der Waals surface area contributed by atoms with Crippen LogP contribution < -0.4 is 15.4 Å². The molecule has 25 heavy (non-hydrogen) atoms. The molecule has 0 atom stereocenters. The van der Waals surface area contributed by atoms with Crippen LogP contribution in [-0.4, -0.2) is 25.0 Å². The Morgan fingerprint density at radius 2 is 1.64 bits per heavy atom. The Morgan fingerprint density at radius 1 is 0.960 bits per heavy atom. The molecule has 0 radical (unpaired) electrons. The smallest absolute Gasteiger partial charge is 0.261 e. The van der Waals surface area contributed by atoms with Crippen LogP contribution in [0, 0.1) is 0 Å². The lowest BCUT2D eigenvalue weighted by Crippen LogP contribution is -2.20. The minimum atomic E-state index is -0.356. The fourth-order valence-corrected chi connectivity index (χ4v) is 3.13. The molecule has 1 aliphatic heterocycles. The third kappa shape index (κ3) is 3.18. The van der Waals surface area contributed by atoms with Gasteiger partial charge in [0.1, 0.15) is 0 Å². The zero-order valence-electron chi connectivity index (χ0n) is 14.8. The molecule has 0 aromatic heterocycles. The van der Waals surface area contributed by atoms with Crippen molar-refractivity contribution in [2.45, 2.75) is 39.5 Å². The first-order valence-corrected chi connectivity index (χ1v) is 9.00. The van der Waals surface area contributed by atoms with E-state index in [4.69, 9.17) is 4.74 Å². The SMILES string of the molecule is CCCCNc1c2c(c3ccccc3c1OCCCC)C(=O)NC2=O. The molecule has 0 bridgehead atoms. The Hall–Kier alpha value is -2.56. The second-order valence-corrected chi connectivity index (χ2v) is 6.27. The van der Waals surface area contributed by atoms with E-state index in [1.54, 1.807) is 0 Å². The van der Waals surface area contributed by atoms with Crippen LogP contribution in [0.2, 0.25) is 0 Å². The number of ether oxygens (including phenoxy) is 1. The van der Waals surface area contributed by atoms with Gasteiger partial charge in [0.15, 0.2) is 5.75 Å². The van der Waals surface area contributed by atoms with Gasteiger partial charge in [0.05, 0.1) is 23.4 Å². The van der Waals surface area contributed by atoms with Gasteiger partial charge in [-0.2, -0.15) is 0 Å². The van der Waals surface area contributed by atoms with Gasteiger partial charge in [0, 0.05) is 11.9 Å². The third-order valence-corrected chi connectivity index (χ3v) is 4.43. The van der Waals surface area contributed by atoms with E-state index in [-0.39, 0.29) is 11.8 Å². The number of hydrogen-bond donors (Lipinski definition) is 2. The van der Waals surface area contributed by atoms with Crippen LogP contribution in [0.3, 0.4) is 0 Å². The maximum Gasteiger partial charge on any atom is 0.261 e. The predicted molar refractivity (Wildman–Crippen MR) is 99.5 cm³/mol. The number of amides is 2. The molecule has 5 nitrogen and oxygen atoms in total. The first-order valence-electron chi connectivity index (χ1n) is 9.00. The number of benzene rings is 2. The van der Waals surface area contributed by atoms with Crippen LogP contribution in [0.1, 0.15) is 60.2 Å². The summed E-state index contributed by atoms with van der Waals surface area (Å²) in [6.45, 7) is 5.53. The summed E-state index contributed by atoms with van der Waals surface area (Å²) in [6, 6.07) is 7.61. The first kappa shape index (κ1) is 17.3. The van der Waals surface area contributed by atoms with Gasteiger partial charge >= 0.3 is 0 Å². The average molecular weight is 340 g/mol. The second-order valence-electron chi connectivity index (χ2n) is 6.27. The summed E-state index contributed by atoms with van der Waals surface area (Å²) < 4.78 is 6.08. The molecule has 0 saturated heterocycles. The topological polar surface area (TPSA) is 67.4 Å². The molecule has 1 heterocycles. The molecule has 132 valence electrons. The highest BCUT2D eigenvalue weighted by Crippen LogP contribution is 2.42. The van der Waals surface area contributed by atoms with E-state index < -0.39 is 0 Å². The minimum absolute atomic E-state index is 0.338. The van der Waals surface area contributed by atoms with Gasteiger partial charge in [0.25, 0.3) is 11.8 Å². The third-order valence-electron chi connectivity index (χ3n) is 4.43. The molecule has 0 spiro atoms. The highest BCUT2D eigenvalue weighted by atomic mass is 16.5. The summed E-state index contributed by atoms with van der Waals surface area (Å²) in [6.07, 6.45) is 3.98. The summed E-state index contributed by atoms with van der Waals surface area (Å²) in [5.41, 5.74) is 1.50. The van der Waals surface area contributed by atoms with Crippen LogP contribution in [-0.2, 0) is 0 Å². The van der Waals surface area contributed by atoms with Crippen molar-refractivity contribution in [2.24, 2.45) is 0 Å². The van der Waals surface area contributed by atoms with Crippen LogP contribution in [0.5, 0.6) is 5.75 Å². The van der Waals surface area contributed by atoms with Crippen molar-refractivity contribution in [3.05, 3.63) is 35.4 Å². The van der Waals surface area contributed by atoms with E-state index in [1.165, 1.54) is 0 Å². The highest BCUT2D eigenvalue weighted by molar-refractivity contribution is 6.30. The lowest BCUT2D eigenvalue weighted by Gasteiger charge is -2.18. The molecule has 0 saturated carbocycles. The number of carbonyl (C=O) groups excluding carboxylic acids is 2. The number of unbranched alkanes of at least 4 members (excludes halogenated alkanes) is 2.